The Morgan fingerprint density at radius 1 is 1.27 bits per heavy atom. The molecule has 0 saturated heterocycles. The van der Waals surface area contributed by atoms with Crippen molar-refractivity contribution >= 4 is 22.6 Å². The molecule has 3 aromatic rings. The molecule has 37 heavy (non-hydrogen) atoms. The van der Waals surface area contributed by atoms with Gasteiger partial charge in [-0.15, -0.1) is 0 Å². The topological polar surface area (TPSA) is 106 Å². The Hall–Kier alpha value is -4.28. The number of methoxy groups -OCH3 is 1. The number of rotatable bonds is 10. The lowest BCUT2D eigenvalue weighted by Crippen LogP contribution is -2.24. The van der Waals surface area contributed by atoms with Gasteiger partial charge in [0.25, 0.3) is 0 Å². The van der Waals surface area contributed by atoms with Gasteiger partial charge in [-0.3, -0.25) is 9.48 Å². The van der Waals surface area contributed by atoms with Crippen LogP contribution in [0.25, 0.3) is 22.2 Å². The molecule has 0 radical (unpaired) electrons. The zero-order valence-corrected chi connectivity index (χ0v) is 21.4. The fraction of sp³-hybridized carbons (Fsp3) is 0.259. The molecule has 1 aliphatic carbocycles. The molecule has 2 N–H and O–H groups in total. The first-order valence-electron chi connectivity index (χ1n) is 11.8. The predicted octanol–water partition coefficient (Wildman–Crippen LogP) is 3.00. The number of aryl methyl sites for hydroxylation is 1. The Labute approximate surface area is 216 Å². The number of amides is 1. The number of nitrogens with zero attached hydrogens (tertiary/aromatic N) is 5. The molecule has 2 heterocycles. The molecule has 1 amide bonds. The van der Waals surface area contributed by atoms with E-state index in [-0.39, 0.29) is 5.91 Å². The Morgan fingerprint density at radius 2 is 2.11 bits per heavy atom. The highest BCUT2D eigenvalue weighted by atomic mass is 16.5. The van der Waals surface area contributed by atoms with Crippen LogP contribution >= 0.6 is 0 Å². The van der Waals surface area contributed by atoms with Gasteiger partial charge in [0.05, 0.1) is 28.8 Å². The van der Waals surface area contributed by atoms with Crippen molar-refractivity contribution in [3.8, 4) is 11.3 Å². The molecule has 0 spiro atoms. The number of hydrogen-bond acceptors (Lipinski definition) is 8. The molecule has 0 fully saturated rings. The third-order valence-electron chi connectivity index (χ3n) is 5.77. The van der Waals surface area contributed by atoms with Gasteiger partial charge in [0.1, 0.15) is 30.6 Å². The summed E-state index contributed by atoms with van der Waals surface area (Å²) in [4.78, 5) is 23.1. The Balaban J connectivity index is 1.65. The zero-order chi connectivity index (χ0) is 26.4. The SMILES string of the molecule is C=CC(=O)NC1=C(OCCN(C)C)C=CC(OC)C(Nc2cc(-c3ccc4cnn(C)c4c3)ncn2)=C1. The average molecular weight is 502 g/mol. The smallest absolute Gasteiger partial charge is 0.247 e. The van der Waals surface area contributed by atoms with E-state index in [9.17, 15) is 4.79 Å². The van der Waals surface area contributed by atoms with Gasteiger partial charge in [-0.1, -0.05) is 18.7 Å². The highest BCUT2D eigenvalue weighted by molar-refractivity contribution is 5.89. The van der Waals surface area contributed by atoms with E-state index in [1.165, 1.54) is 12.4 Å². The number of nitrogens with one attached hydrogen (secondary N) is 2. The normalized spacial score (nSPS) is 15.5. The fourth-order valence-electron chi connectivity index (χ4n) is 3.77. The summed E-state index contributed by atoms with van der Waals surface area (Å²) in [6, 6.07) is 7.93. The number of ether oxygens (including phenoxy) is 2. The minimum Gasteiger partial charge on any atom is -0.490 e. The minimum absolute atomic E-state index is 0.349. The largest absolute Gasteiger partial charge is 0.490 e. The summed E-state index contributed by atoms with van der Waals surface area (Å²) in [6.07, 6.45) is 9.55. The van der Waals surface area contributed by atoms with E-state index in [1.807, 2.05) is 67.3 Å². The van der Waals surface area contributed by atoms with Gasteiger partial charge in [0, 0.05) is 37.7 Å². The summed E-state index contributed by atoms with van der Waals surface area (Å²) in [5, 5.41) is 11.5. The summed E-state index contributed by atoms with van der Waals surface area (Å²) in [5.41, 5.74) is 3.85. The molecular weight excluding hydrogens is 470 g/mol. The van der Waals surface area contributed by atoms with Crippen LogP contribution in [-0.4, -0.2) is 71.0 Å². The van der Waals surface area contributed by atoms with Crippen molar-refractivity contribution in [2.24, 2.45) is 7.05 Å². The van der Waals surface area contributed by atoms with Gasteiger partial charge in [-0.25, -0.2) is 9.97 Å². The molecular formula is C27H31N7O3. The maximum Gasteiger partial charge on any atom is 0.247 e. The van der Waals surface area contributed by atoms with Crippen LogP contribution in [0.4, 0.5) is 5.82 Å². The number of benzene rings is 1. The van der Waals surface area contributed by atoms with E-state index in [1.54, 1.807) is 19.3 Å². The molecule has 1 atom stereocenters. The van der Waals surface area contributed by atoms with Crippen LogP contribution in [0.2, 0.25) is 0 Å². The number of anilines is 1. The Kier molecular flexibility index (Phi) is 8.11. The first-order valence-corrected chi connectivity index (χ1v) is 11.8. The number of allylic oxidation sites excluding steroid dienone is 2. The van der Waals surface area contributed by atoms with E-state index in [0.717, 1.165) is 28.7 Å². The maximum absolute atomic E-state index is 12.2. The highest BCUT2D eigenvalue weighted by Gasteiger charge is 2.19. The molecule has 4 rings (SSSR count). The van der Waals surface area contributed by atoms with Crippen molar-refractivity contribution in [3.05, 3.63) is 84.8 Å². The molecule has 1 aromatic carbocycles. The number of carbonyl (C=O) groups is 1. The summed E-state index contributed by atoms with van der Waals surface area (Å²) in [7, 11) is 7.45. The van der Waals surface area contributed by atoms with Crippen LogP contribution in [0.5, 0.6) is 0 Å². The van der Waals surface area contributed by atoms with Crippen LogP contribution in [0.1, 0.15) is 0 Å². The maximum atomic E-state index is 12.2. The van der Waals surface area contributed by atoms with Crippen molar-refractivity contribution in [2.75, 3.05) is 39.7 Å². The minimum atomic E-state index is -0.435. The van der Waals surface area contributed by atoms with Crippen molar-refractivity contribution in [2.45, 2.75) is 6.10 Å². The molecule has 2 aromatic heterocycles. The van der Waals surface area contributed by atoms with E-state index in [2.05, 4.69) is 32.3 Å². The molecule has 10 heteroatoms. The molecule has 1 unspecified atom stereocenters. The van der Waals surface area contributed by atoms with E-state index < -0.39 is 6.10 Å². The summed E-state index contributed by atoms with van der Waals surface area (Å²) in [6.45, 7) is 4.72. The number of carbonyl (C=O) groups excluding carboxylic acids is 1. The predicted molar refractivity (Wildman–Crippen MR) is 143 cm³/mol. The molecule has 0 aliphatic heterocycles. The Morgan fingerprint density at radius 3 is 2.86 bits per heavy atom. The second kappa shape index (κ2) is 11.6. The van der Waals surface area contributed by atoms with Crippen LogP contribution < -0.4 is 10.6 Å². The summed E-state index contributed by atoms with van der Waals surface area (Å²) in [5.74, 6) is 0.741. The van der Waals surface area contributed by atoms with Gasteiger partial charge in [-0.2, -0.15) is 5.10 Å². The van der Waals surface area contributed by atoms with Crippen LogP contribution in [-0.2, 0) is 21.3 Å². The molecule has 10 nitrogen and oxygen atoms in total. The first kappa shape index (κ1) is 25.8. The lowest BCUT2D eigenvalue weighted by atomic mass is 10.1. The van der Waals surface area contributed by atoms with Crippen molar-refractivity contribution in [1.29, 1.82) is 0 Å². The lowest BCUT2D eigenvalue weighted by Gasteiger charge is -2.17. The first-order chi connectivity index (χ1) is 17.9. The van der Waals surface area contributed by atoms with Gasteiger partial charge < -0.3 is 25.0 Å². The third-order valence-corrected chi connectivity index (χ3v) is 5.77. The van der Waals surface area contributed by atoms with Crippen molar-refractivity contribution in [3.63, 3.8) is 0 Å². The molecule has 0 bridgehead atoms. The fourth-order valence-corrected chi connectivity index (χ4v) is 3.77. The Bertz CT molecular complexity index is 1390. The second-order valence-corrected chi connectivity index (χ2v) is 8.69. The van der Waals surface area contributed by atoms with Gasteiger partial charge in [0.15, 0.2) is 0 Å². The van der Waals surface area contributed by atoms with E-state index in [4.69, 9.17) is 9.47 Å². The standard InChI is InChI=1S/C27H31N7O3/c1-6-27(35)32-22-14-21(24(36-5)9-10-25(22)37-12-11-33(2)3)31-26-15-20(28-17-29-26)18-7-8-19-16-30-34(4)23(19)13-18/h6-10,13-17,24H,1,11-12H2,2-5H3,(H,32,35)(H,28,29,31). The number of aromatic nitrogens is 4. The highest BCUT2D eigenvalue weighted by Crippen LogP contribution is 2.26. The van der Waals surface area contributed by atoms with Crippen LogP contribution in [0.15, 0.2) is 84.8 Å². The van der Waals surface area contributed by atoms with Crippen molar-refractivity contribution < 1.29 is 14.3 Å². The number of likely N-dealkylation sites (N-methyl/N-ethyl adjacent to an activating group) is 1. The van der Waals surface area contributed by atoms with Crippen LogP contribution in [0, 0.1) is 0 Å². The number of hydrogen-bond donors (Lipinski definition) is 2. The van der Waals surface area contributed by atoms with Gasteiger partial charge >= 0.3 is 0 Å². The number of fused-ring (bicyclic) bond motifs is 1. The lowest BCUT2D eigenvalue weighted by molar-refractivity contribution is -0.115. The van der Waals surface area contributed by atoms with E-state index >= 15 is 0 Å². The second-order valence-electron chi connectivity index (χ2n) is 8.69. The molecule has 0 saturated carbocycles. The summed E-state index contributed by atoms with van der Waals surface area (Å²) < 4.78 is 13.5. The van der Waals surface area contributed by atoms with Gasteiger partial charge in [-0.05, 0) is 44.5 Å². The van der Waals surface area contributed by atoms with E-state index in [0.29, 0.717) is 29.6 Å². The monoisotopic (exact) mass is 501 g/mol. The van der Waals surface area contributed by atoms with Crippen LogP contribution in [0.3, 0.4) is 0 Å². The third kappa shape index (κ3) is 6.29. The summed E-state index contributed by atoms with van der Waals surface area (Å²) >= 11 is 0. The van der Waals surface area contributed by atoms with Crippen molar-refractivity contribution in [1.82, 2.24) is 30.0 Å². The quantitative estimate of drug-likeness (QED) is 0.409. The molecule has 192 valence electrons. The van der Waals surface area contributed by atoms with Gasteiger partial charge in [0.2, 0.25) is 5.91 Å². The molecule has 1 aliphatic rings. The average Bonchev–Trinajstić information content (AvgIpc) is 3.18. The zero-order valence-electron chi connectivity index (χ0n) is 21.4.